The molecule has 1 atom stereocenters. The third-order valence-electron chi connectivity index (χ3n) is 2.37. The number of aromatic amines is 1. The predicted octanol–water partition coefficient (Wildman–Crippen LogP) is 0.341. The van der Waals surface area contributed by atoms with Gasteiger partial charge in [0, 0.05) is 0 Å². The number of hydrogen-bond donors (Lipinski definition) is 2. The lowest BCUT2D eigenvalue weighted by Gasteiger charge is -2.28. The molecular weight excluding hydrogens is 199 g/mol. The van der Waals surface area contributed by atoms with E-state index in [1.54, 1.807) is 0 Å². The number of nitrogens with zero attached hydrogens (tertiary/aromatic N) is 3. The maximum Gasteiger partial charge on any atom is 0.414 e. The Bertz CT molecular complexity index is 300. The summed E-state index contributed by atoms with van der Waals surface area (Å²) in [6.45, 7) is 0.314. The minimum Gasteiger partial charge on any atom is -0.297 e. The van der Waals surface area contributed by atoms with E-state index in [-0.39, 0.29) is 12.2 Å². The van der Waals surface area contributed by atoms with Crippen LogP contribution in [0.15, 0.2) is 0 Å². The number of tetrazole rings is 1. The van der Waals surface area contributed by atoms with Gasteiger partial charge in [-0.1, -0.05) is 5.21 Å². The second kappa shape index (κ2) is 2.91. The van der Waals surface area contributed by atoms with E-state index in [4.69, 9.17) is 0 Å². The third-order valence-corrected chi connectivity index (χ3v) is 2.37. The van der Waals surface area contributed by atoms with Crippen LogP contribution in [0.5, 0.6) is 0 Å². The van der Waals surface area contributed by atoms with E-state index >= 15 is 0 Å². The zero-order valence-electron chi connectivity index (χ0n) is 7.10. The van der Waals surface area contributed by atoms with Gasteiger partial charge in [0.25, 0.3) is 0 Å². The number of halogens is 3. The van der Waals surface area contributed by atoms with Crippen molar-refractivity contribution in [3.05, 3.63) is 5.82 Å². The van der Waals surface area contributed by atoms with Crippen LogP contribution in [0.1, 0.15) is 18.7 Å². The van der Waals surface area contributed by atoms with Gasteiger partial charge in [0.05, 0.1) is 0 Å². The smallest absolute Gasteiger partial charge is 0.297 e. The van der Waals surface area contributed by atoms with Gasteiger partial charge < -0.3 is 0 Å². The molecule has 2 rings (SSSR count). The first-order valence-corrected chi connectivity index (χ1v) is 4.12. The lowest BCUT2D eigenvalue weighted by molar-refractivity contribution is -0.198. The van der Waals surface area contributed by atoms with Crippen LogP contribution < -0.4 is 5.32 Å². The van der Waals surface area contributed by atoms with Crippen LogP contribution in [-0.2, 0) is 5.54 Å². The second-order valence-corrected chi connectivity index (χ2v) is 3.17. The topological polar surface area (TPSA) is 66.5 Å². The second-order valence-electron chi connectivity index (χ2n) is 3.17. The van der Waals surface area contributed by atoms with Gasteiger partial charge in [-0.25, -0.2) is 0 Å². The highest BCUT2D eigenvalue weighted by Gasteiger charge is 2.60. The molecule has 0 spiro atoms. The molecular formula is C6H8F3N5. The molecule has 14 heavy (non-hydrogen) atoms. The Morgan fingerprint density at radius 2 is 2.14 bits per heavy atom. The average molecular weight is 207 g/mol. The van der Waals surface area contributed by atoms with Crippen molar-refractivity contribution in [2.45, 2.75) is 24.6 Å². The van der Waals surface area contributed by atoms with Crippen LogP contribution in [0, 0.1) is 0 Å². The fraction of sp³-hybridized carbons (Fsp3) is 0.833. The van der Waals surface area contributed by atoms with E-state index in [0.29, 0.717) is 13.0 Å². The van der Waals surface area contributed by atoms with E-state index in [1.165, 1.54) is 0 Å². The molecule has 2 heterocycles. The molecule has 0 amide bonds. The molecule has 1 saturated heterocycles. The standard InChI is InChI=1S/C6H8F3N5/c7-6(8,9)5(2-1-3-10-5)4-11-13-14-12-4/h10H,1-3H2,(H,11,12,13,14)/t5-/m0/s1. The molecule has 0 saturated carbocycles. The molecule has 2 N–H and O–H groups in total. The molecule has 5 nitrogen and oxygen atoms in total. The van der Waals surface area contributed by atoms with Crippen molar-refractivity contribution in [2.75, 3.05) is 6.54 Å². The number of nitrogens with one attached hydrogen (secondary N) is 2. The zero-order valence-corrected chi connectivity index (χ0v) is 7.10. The normalized spacial score (nSPS) is 28.2. The van der Waals surface area contributed by atoms with Gasteiger partial charge in [-0.2, -0.15) is 18.4 Å². The molecule has 1 aliphatic heterocycles. The van der Waals surface area contributed by atoms with Crippen molar-refractivity contribution < 1.29 is 13.2 Å². The quantitative estimate of drug-likeness (QED) is 0.696. The molecule has 1 fully saturated rings. The van der Waals surface area contributed by atoms with Gasteiger partial charge in [-0.3, -0.25) is 5.32 Å². The molecule has 1 aromatic rings. The van der Waals surface area contributed by atoms with Gasteiger partial charge in [-0.05, 0) is 19.4 Å². The first-order valence-electron chi connectivity index (χ1n) is 4.12. The van der Waals surface area contributed by atoms with Gasteiger partial charge in [-0.15, -0.1) is 10.2 Å². The van der Waals surface area contributed by atoms with Crippen molar-refractivity contribution in [3.8, 4) is 0 Å². The molecule has 0 unspecified atom stereocenters. The van der Waals surface area contributed by atoms with Crippen molar-refractivity contribution in [3.63, 3.8) is 0 Å². The predicted molar refractivity (Wildman–Crippen MR) is 39.1 cm³/mol. The van der Waals surface area contributed by atoms with Gasteiger partial charge in [0.2, 0.25) is 5.82 Å². The summed E-state index contributed by atoms with van der Waals surface area (Å²) in [6.07, 6.45) is -3.99. The maximum absolute atomic E-state index is 12.8. The van der Waals surface area contributed by atoms with Crippen molar-refractivity contribution >= 4 is 0 Å². The molecule has 0 aliphatic carbocycles. The van der Waals surface area contributed by atoms with Gasteiger partial charge in [0.1, 0.15) is 0 Å². The zero-order chi connectivity index (χ0) is 10.2. The Kier molecular flexibility index (Phi) is 1.95. The summed E-state index contributed by atoms with van der Waals surface area (Å²) >= 11 is 0. The van der Waals surface area contributed by atoms with Gasteiger partial charge in [0.15, 0.2) is 5.54 Å². The maximum atomic E-state index is 12.8. The Hall–Kier alpha value is -1.18. The highest BCUT2D eigenvalue weighted by Crippen LogP contribution is 2.42. The minimum atomic E-state index is -4.40. The summed E-state index contributed by atoms with van der Waals surface area (Å²) in [5.41, 5.74) is -2.11. The van der Waals surface area contributed by atoms with Crippen molar-refractivity contribution in [1.29, 1.82) is 0 Å². The first kappa shape index (κ1) is 9.38. The highest BCUT2D eigenvalue weighted by molar-refractivity contribution is 5.10. The van der Waals surface area contributed by atoms with Crippen LogP contribution in [0.2, 0.25) is 0 Å². The van der Waals surface area contributed by atoms with E-state index < -0.39 is 11.7 Å². The first-order chi connectivity index (χ1) is 6.56. The minimum absolute atomic E-state index is 0.0456. The SMILES string of the molecule is FC(F)(F)[C@@]1(c2nn[nH]n2)CCCN1. The van der Waals surface area contributed by atoms with Crippen LogP contribution in [0.3, 0.4) is 0 Å². The third kappa shape index (κ3) is 1.17. The Morgan fingerprint density at radius 1 is 1.36 bits per heavy atom. The molecule has 0 bridgehead atoms. The monoisotopic (exact) mass is 207 g/mol. The Labute approximate surface area is 77.1 Å². The molecule has 8 heteroatoms. The summed E-state index contributed by atoms with van der Waals surface area (Å²) in [5.74, 6) is -0.331. The van der Waals surface area contributed by atoms with E-state index in [0.717, 1.165) is 0 Å². The van der Waals surface area contributed by atoms with E-state index in [2.05, 4.69) is 25.9 Å². The molecule has 0 radical (unpaired) electrons. The lowest BCUT2D eigenvalue weighted by Crippen LogP contribution is -2.50. The van der Waals surface area contributed by atoms with Crippen LogP contribution >= 0.6 is 0 Å². The number of rotatable bonds is 1. The summed E-state index contributed by atoms with van der Waals surface area (Å²) in [4.78, 5) is 0. The van der Waals surface area contributed by atoms with Crippen LogP contribution in [0.4, 0.5) is 13.2 Å². The van der Waals surface area contributed by atoms with Gasteiger partial charge >= 0.3 is 6.18 Å². The molecule has 0 aromatic carbocycles. The number of H-pyrrole nitrogens is 1. The van der Waals surface area contributed by atoms with Crippen LogP contribution in [-0.4, -0.2) is 33.3 Å². The molecule has 78 valence electrons. The summed E-state index contributed by atoms with van der Waals surface area (Å²) in [7, 11) is 0. The number of alkyl halides is 3. The fourth-order valence-electron chi connectivity index (χ4n) is 1.65. The number of hydrogen-bond acceptors (Lipinski definition) is 4. The Morgan fingerprint density at radius 3 is 2.57 bits per heavy atom. The number of aromatic nitrogens is 4. The summed E-state index contributed by atoms with van der Waals surface area (Å²) in [6, 6.07) is 0. The average Bonchev–Trinajstić information content (AvgIpc) is 2.74. The Balaban J connectivity index is 2.42. The van der Waals surface area contributed by atoms with Crippen molar-refractivity contribution in [1.82, 2.24) is 25.9 Å². The van der Waals surface area contributed by atoms with Crippen molar-refractivity contribution in [2.24, 2.45) is 0 Å². The fourth-order valence-corrected chi connectivity index (χ4v) is 1.65. The van der Waals surface area contributed by atoms with Crippen LogP contribution in [0.25, 0.3) is 0 Å². The highest BCUT2D eigenvalue weighted by atomic mass is 19.4. The summed E-state index contributed by atoms with van der Waals surface area (Å²) in [5, 5.41) is 14.4. The summed E-state index contributed by atoms with van der Waals surface area (Å²) < 4.78 is 38.4. The lowest BCUT2D eigenvalue weighted by atomic mass is 9.96. The molecule has 1 aromatic heterocycles. The molecule has 1 aliphatic rings. The van der Waals surface area contributed by atoms with E-state index in [9.17, 15) is 13.2 Å². The largest absolute Gasteiger partial charge is 0.414 e. The van der Waals surface area contributed by atoms with E-state index in [1.807, 2.05) is 0 Å².